The highest BCUT2D eigenvalue weighted by Gasteiger charge is 2.24. The average molecular weight is 487 g/mol. The number of esters is 1. The monoisotopic (exact) mass is 486 g/mol. The summed E-state index contributed by atoms with van der Waals surface area (Å²) < 4.78 is 32.1. The number of nitrogens with zero attached hydrogens (tertiary/aromatic N) is 2. The summed E-state index contributed by atoms with van der Waals surface area (Å²) in [4.78, 5) is 50.5. The van der Waals surface area contributed by atoms with Crippen LogP contribution in [0.5, 0.6) is 0 Å². The van der Waals surface area contributed by atoms with Crippen LogP contribution in [0.25, 0.3) is 0 Å². The number of aromatic nitrogens is 2. The summed E-state index contributed by atoms with van der Waals surface area (Å²) in [5.41, 5.74) is 4.46. The van der Waals surface area contributed by atoms with Gasteiger partial charge in [0.05, 0.1) is 24.1 Å². The normalized spacial score (nSPS) is 11.1. The molecule has 178 valence electrons. The predicted octanol–water partition coefficient (Wildman–Crippen LogP) is 0.589. The molecule has 0 aliphatic rings. The second-order valence-electron chi connectivity index (χ2n) is 7.40. The number of hydrogen-bond acceptors (Lipinski definition) is 8. The lowest BCUT2D eigenvalue weighted by atomic mass is 10.1. The highest BCUT2D eigenvalue weighted by Crippen LogP contribution is 2.18. The Balaban J connectivity index is 1.88. The molecule has 34 heavy (non-hydrogen) atoms. The molecule has 0 fully saturated rings. The Kier molecular flexibility index (Phi) is 7.01. The van der Waals surface area contributed by atoms with Crippen molar-refractivity contribution in [3.8, 4) is 0 Å². The molecule has 0 atom stereocenters. The molecule has 0 spiro atoms. The van der Waals surface area contributed by atoms with E-state index in [0.717, 1.165) is 21.0 Å². The molecule has 12 heteroatoms. The average Bonchev–Trinajstić information content (AvgIpc) is 2.79. The van der Waals surface area contributed by atoms with Gasteiger partial charge in [-0.15, -0.1) is 0 Å². The molecule has 2 aromatic carbocycles. The predicted molar refractivity (Wildman–Crippen MR) is 125 cm³/mol. The summed E-state index contributed by atoms with van der Waals surface area (Å²) in [6, 6.07) is 14.5. The van der Waals surface area contributed by atoms with Crippen LogP contribution in [0.1, 0.15) is 26.3 Å². The fourth-order valence-corrected chi connectivity index (χ4v) is 3.77. The van der Waals surface area contributed by atoms with E-state index in [9.17, 15) is 27.6 Å². The first-order chi connectivity index (χ1) is 16.0. The highest BCUT2D eigenvalue weighted by molar-refractivity contribution is 7.92. The van der Waals surface area contributed by atoms with Gasteiger partial charge in [0.25, 0.3) is 5.56 Å². The van der Waals surface area contributed by atoms with Gasteiger partial charge < -0.3 is 10.5 Å². The maximum absolute atomic E-state index is 12.8. The Bertz CT molecular complexity index is 1480. The van der Waals surface area contributed by atoms with Gasteiger partial charge in [-0.3, -0.25) is 23.4 Å². The number of carbonyl (C=O) groups is 2. The number of nitrogens with one attached hydrogen (secondary N) is 1. The number of para-hydroxylation sites is 1. The number of Topliss-reactive ketones (excluding diaryl/α,β-unsaturated/α-hetero) is 1. The molecule has 0 unspecified atom stereocenters. The van der Waals surface area contributed by atoms with Crippen LogP contribution >= 0.6 is 0 Å². The van der Waals surface area contributed by atoms with Gasteiger partial charge in [0, 0.05) is 7.05 Å². The van der Waals surface area contributed by atoms with Gasteiger partial charge >= 0.3 is 11.7 Å². The zero-order chi connectivity index (χ0) is 25.0. The van der Waals surface area contributed by atoms with E-state index in [-0.39, 0.29) is 23.6 Å². The van der Waals surface area contributed by atoms with Gasteiger partial charge in [0.1, 0.15) is 11.4 Å². The van der Waals surface area contributed by atoms with E-state index >= 15 is 0 Å². The first kappa shape index (κ1) is 24.5. The van der Waals surface area contributed by atoms with Crippen LogP contribution in [-0.4, -0.2) is 42.2 Å². The molecule has 0 radical (unpaired) electrons. The SMILES string of the molecule is Cn1c(=O)c(C(=O)COC(=O)c2ccccc2NS(C)(=O)=O)c(N)n(Cc2ccccc2)c1=O. The summed E-state index contributed by atoms with van der Waals surface area (Å²) in [5, 5.41) is 0. The summed E-state index contributed by atoms with van der Waals surface area (Å²) in [6.07, 6.45) is 0.918. The molecule has 0 aliphatic carbocycles. The Morgan fingerprint density at radius 2 is 1.65 bits per heavy atom. The first-order valence-electron chi connectivity index (χ1n) is 9.90. The minimum atomic E-state index is -3.68. The number of rotatable bonds is 8. The molecule has 3 N–H and O–H groups in total. The third-order valence-electron chi connectivity index (χ3n) is 4.82. The second kappa shape index (κ2) is 9.75. The van der Waals surface area contributed by atoms with Crippen molar-refractivity contribution < 1.29 is 22.7 Å². The standard InChI is InChI=1S/C22H22N4O7S/c1-25-20(28)18(19(23)26(22(25)30)12-14-8-4-3-5-9-14)17(27)13-33-21(29)15-10-6-7-11-16(15)24-34(2,31)32/h3-11,24H,12-13,23H2,1-2H3. The molecule has 0 bridgehead atoms. The Labute approximate surface area is 194 Å². The van der Waals surface area contributed by atoms with Crippen molar-refractivity contribution in [2.24, 2.45) is 7.05 Å². The fourth-order valence-electron chi connectivity index (χ4n) is 3.19. The minimum Gasteiger partial charge on any atom is -0.454 e. The maximum Gasteiger partial charge on any atom is 0.340 e. The summed E-state index contributed by atoms with van der Waals surface area (Å²) in [6.45, 7) is -0.834. The third kappa shape index (κ3) is 5.41. The van der Waals surface area contributed by atoms with Gasteiger partial charge in [0.15, 0.2) is 6.61 Å². The van der Waals surface area contributed by atoms with E-state index in [1.807, 2.05) is 0 Å². The Morgan fingerprint density at radius 1 is 1.03 bits per heavy atom. The van der Waals surface area contributed by atoms with Crippen LogP contribution in [0.4, 0.5) is 11.5 Å². The second-order valence-corrected chi connectivity index (χ2v) is 9.15. The number of nitrogen functional groups attached to an aromatic ring is 1. The lowest BCUT2D eigenvalue weighted by Crippen LogP contribution is -2.43. The molecule has 3 aromatic rings. The third-order valence-corrected chi connectivity index (χ3v) is 5.41. The van der Waals surface area contributed by atoms with Crippen LogP contribution in [0.2, 0.25) is 0 Å². The summed E-state index contributed by atoms with van der Waals surface area (Å²) >= 11 is 0. The Hall–Kier alpha value is -4.19. The van der Waals surface area contributed by atoms with Crippen LogP contribution in [-0.2, 0) is 28.4 Å². The molecule has 1 heterocycles. The highest BCUT2D eigenvalue weighted by atomic mass is 32.2. The van der Waals surface area contributed by atoms with Crippen LogP contribution in [0.15, 0.2) is 64.2 Å². The largest absolute Gasteiger partial charge is 0.454 e. The van der Waals surface area contributed by atoms with Gasteiger partial charge in [0.2, 0.25) is 15.8 Å². The van der Waals surface area contributed by atoms with Crippen molar-refractivity contribution in [2.45, 2.75) is 6.54 Å². The van der Waals surface area contributed by atoms with Crippen LogP contribution in [0.3, 0.4) is 0 Å². The van der Waals surface area contributed by atoms with E-state index < -0.39 is 45.2 Å². The molecule has 0 saturated carbocycles. The quantitative estimate of drug-likeness (QED) is 0.346. The Morgan fingerprint density at radius 3 is 2.29 bits per heavy atom. The smallest absolute Gasteiger partial charge is 0.340 e. The van der Waals surface area contributed by atoms with Crippen molar-refractivity contribution in [1.82, 2.24) is 9.13 Å². The minimum absolute atomic E-state index is 0.0181. The van der Waals surface area contributed by atoms with E-state index in [4.69, 9.17) is 10.5 Å². The van der Waals surface area contributed by atoms with E-state index in [1.165, 1.54) is 31.3 Å². The number of ketones is 1. The zero-order valence-electron chi connectivity index (χ0n) is 18.3. The fraction of sp³-hybridized carbons (Fsp3) is 0.182. The van der Waals surface area contributed by atoms with Gasteiger partial charge in [-0.1, -0.05) is 42.5 Å². The number of nitrogens with two attached hydrogens (primary N) is 1. The summed E-state index contributed by atoms with van der Waals surface area (Å²) in [5.74, 6) is -2.26. The molecular weight excluding hydrogens is 464 g/mol. The molecule has 3 rings (SSSR count). The molecular formula is C22H22N4O7S. The lowest BCUT2D eigenvalue weighted by Gasteiger charge is -2.15. The number of ether oxygens (including phenoxy) is 1. The summed E-state index contributed by atoms with van der Waals surface area (Å²) in [7, 11) is -2.47. The van der Waals surface area contributed by atoms with Gasteiger partial charge in [-0.25, -0.2) is 18.0 Å². The molecule has 0 saturated heterocycles. The number of hydrogen-bond donors (Lipinski definition) is 2. The van der Waals surface area contributed by atoms with Crippen molar-refractivity contribution in [1.29, 1.82) is 0 Å². The number of benzene rings is 2. The van der Waals surface area contributed by atoms with Gasteiger partial charge in [-0.05, 0) is 17.7 Å². The van der Waals surface area contributed by atoms with Crippen molar-refractivity contribution in [3.05, 3.63) is 92.1 Å². The van der Waals surface area contributed by atoms with E-state index in [0.29, 0.717) is 0 Å². The number of anilines is 2. The van der Waals surface area contributed by atoms with Crippen molar-refractivity contribution in [2.75, 3.05) is 23.3 Å². The zero-order valence-corrected chi connectivity index (χ0v) is 19.2. The van der Waals surface area contributed by atoms with Crippen LogP contribution < -0.4 is 21.7 Å². The lowest BCUT2D eigenvalue weighted by molar-refractivity contribution is 0.0475. The molecule has 1 aromatic heterocycles. The topological polar surface area (TPSA) is 160 Å². The maximum atomic E-state index is 12.8. The molecule has 0 amide bonds. The van der Waals surface area contributed by atoms with E-state index in [1.54, 1.807) is 30.3 Å². The molecule has 0 aliphatic heterocycles. The van der Waals surface area contributed by atoms with Crippen molar-refractivity contribution in [3.63, 3.8) is 0 Å². The number of sulfonamides is 1. The van der Waals surface area contributed by atoms with Crippen molar-refractivity contribution >= 4 is 33.3 Å². The first-order valence-corrected chi connectivity index (χ1v) is 11.8. The number of carbonyl (C=O) groups excluding carboxylic acids is 2. The molecule has 11 nitrogen and oxygen atoms in total. The van der Waals surface area contributed by atoms with Gasteiger partial charge in [-0.2, -0.15) is 0 Å². The van der Waals surface area contributed by atoms with Crippen LogP contribution in [0, 0.1) is 0 Å². The van der Waals surface area contributed by atoms with E-state index in [2.05, 4.69) is 4.72 Å².